The van der Waals surface area contributed by atoms with E-state index in [2.05, 4.69) is 23.4 Å². The van der Waals surface area contributed by atoms with Gasteiger partial charge < -0.3 is 9.30 Å². The van der Waals surface area contributed by atoms with E-state index >= 15 is 0 Å². The van der Waals surface area contributed by atoms with Gasteiger partial charge in [0, 0.05) is 18.0 Å². The minimum Gasteiger partial charge on any atom is -0.493 e. The maximum Gasteiger partial charge on any atom is 0.128 e. The lowest BCUT2D eigenvalue weighted by Gasteiger charge is -2.14. The molecular formula is C15H18N2OS. The van der Waals surface area contributed by atoms with Gasteiger partial charge in [-0.1, -0.05) is 19.1 Å². The average Bonchev–Trinajstić information content (AvgIpc) is 2.95. The normalized spacial score (nSPS) is 11.6. The fourth-order valence-corrected chi connectivity index (χ4v) is 2.36. The molecule has 0 saturated carbocycles. The van der Waals surface area contributed by atoms with Gasteiger partial charge in [0.15, 0.2) is 0 Å². The summed E-state index contributed by atoms with van der Waals surface area (Å²) in [4.78, 5) is 4.12. The van der Waals surface area contributed by atoms with Crippen molar-refractivity contribution < 1.29 is 4.74 Å². The van der Waals surface area contributed by atoms with Gasteiger partial charge in [0.2, 0.25) is 0 Å². The molecule has 2 rings (SSSR count). The first-order valence-corrected chi connectivity index (χ1v) is 7.44. The molecule has 19 heavy (non-hydrogen) atoms. The van der Waals surface area contributed by atoms with Crippen molar-refractivity contribution in [2.75, 3.05) is 12.4 Å². The SMILES string of the molecule is CCOc1ccccc1/C(=C\SCC)n1ccnc1. The fraction of sp³-hybridized carbons (Fsp3) is 0.267. The standard InChI is InChI=1S/C15H18N2OS/c1-3-18-15-8-6-5-7-13(15)14(11-19-4-2)17-10-9-16-12-17/h5-12H,3-4H2,1-2H3/b14-11+. The Morgan fingerprint density at radius 2 is 2.21 bits per heavy atom. The Labute approximate surface area is 118 Å². The van der Waals surface area contributed by atoms with Crippen LogP contribution in [0.5, 0.6) is 5.75 Å². The van der Waals surface area contributed by atoms with Crippen LogP contribution in [0.2, 0.25) is 0 Å². The first-order chi connectivity index (χ1) is 9.36. The van der Waals surface area contributed by atoms with Crippen LogP contribution in [0.15, 0.2) is 48.4 Å². The zero-order valence-corrected chi connectivity index (χ0v) is 12.1. The molecule has 0 N–H and O–H groups in total. The third-order valence-electron chi connectivity index (χ3n) is 2.61. The van der Waals surface area contributed by atoms with Crippen LogP contribution in [0.3, 0.4) is 0 Å². The van der Waals surface area contributed by atoms with Gasteiger partial charge in [0.25, 0.3) is 0 Å². The van der Waals surface area contributed by atoms with Gasteiger partial charge in [-0.3, -0.25) is 0 Å². The van der Waals surface area contributed by atoms with Crippen LogP contribution < -0.4 is 4.74 Å². The van der Waals surface area contributed by atoms with Crippen molar-refractivity contribution in [1.82, 2.24) is 9.55 Å². The molecule has 1 aromatic carbocycles. The number of benzene rings is 1. The summed E-state index contributed by atoms with van der Waals surface area (Å²) in [6.45, 7) is 4.80. The van der Waals surface area contributed by atoms with Gasteiger partial charge in [-0.25, -0.2) is 4.98 Å². The quantitative estimate of drug-likeness (QED) is 0.800. The second-order valence-electron chi connectivity index (χ2n) is 3.86. The Hall–Kier alpha value is -1.68. The molecule has 2 aromatic rings. The summed E-state index contributed by atoms with van der Waals surface area (Å²) in [5.41, 5.74) is 2.18. The van der Waals surface area contributed by atoms with Crippen LogP contribution in [0.1, 0.15) is 19.4 Å². The molecule has 0 bridgehead atoms. The number of hydrogen-bond acceptors (Lipinski definition) is 3. The van der Waals surface area contributed by atoms with Gasteiger partial charge in [-0.2, -0.15) is 0 Å². The third kappa shape index (κ3) is 3.41. The lowest BCUT2D eigenvalue weighted by atomic mass is 10.1. The van der Waals surface area contributed by atoms with E-state index in [0.717, 1.165) is 22.8 Å². The van der Waals surface area contributed by atoms with E-state index in [0.29, 0.717) is 6.61 Å². The van der Waals surface area contributed by atoms with Crippen molar-refractivity contribution in [3.8, 4) is 5.75 Å². The molecule has 0 amide bonds. The maximum absolute atomic E-state index is 5.71. The Bertz CT molecular complexity index is 535. The van der Waals surface area contributed by atoms with Crippen molar-refractivity contribution in [1.29, 1.82) is 0 Å². The number of thioether (sulfide) groups is 1. The molecule has 0 saturated heterocycles. The van der Waals surface area contributed by atoms with Crippen molar-refractivity contribution in [3.05, 3.63) is 54.0 Å². The maximum atomic E-state index is 5.71. The number of para-hydroxylation sites is 1. The van der Waals surface area contributed by atoms with Crippen LogP contribution in [0, 0.1) is 0 Å². The summed E-state index contributed by atoms with van der Waals surface area (Å²) in [7, 11) is 0. The molecule has 0 aliphatic rings. The molecule has 0 atom stereocenters. The smallest absolute Gasteiger partial charge is 0.128 e. The van der Waals surface area contributed by atoms with Crippen LogP contribution in [-0.4, -0.2) is 21.9 Å². The number of hydrogen-bond donors (Lipinski definition) is 0. The van der Waals surface area contributed by atoms with Gasteiger partial charge in [-0.15, -0.1) is 11.8 Å². The van der Waals surface area contributed by atoms with E-state index in [4.69, 9.17) is 4.74 Å². The highest BCUT2D eigenvalue weighted by molar-refractivity contribution is 8.02. The fourth-order valence-electron chi connectivity index (χ4n) is 1.79. The number of rotatable bonds is 6. The van der Waals surface area contributed by atoms with Crippen molar-refractivity contribution in [2.24, 2.45) is 0 Å². The molecule has 0 aliphatic carbocycles. The predicted molar refractivity (Wildman–Crippen MR) is 81.3 cm³/mol. The number of nitrogens with zero attached hydrogens (tertiary/aromatic N) is 2. The van der Waals surface area contributed by atoms with Gasteiger partial charge >= 0.3 is 0 Å². The summed E-state index contributed by atoms with van der Waals surface area (Å²) in [5, 5.41) is 2.15. The van der Waals surface area contributed by atoms with Crippen LogP contribution in [0.4, 0.5) is 0 Å². The highest BCUT2D eigenvalue weighted by atomic mass is 32.2. The zero-order chi connectivity index (χ0) is 13.5. The summed E-state index contributed by atoms with van der Waals surface area (Å²) in [6, 6.07) is 8.10. The zero-order valence-electron chi connectivity index (χ0n) is 11.2. The molecule has 0 radical (unpaired) electrons. The van der Waals surface area contributed by atoms with Gasteiger partial charge in [-0.05, 0) is 30.2 Å². The molecule has 1 aromatic heterocycles. The number of aromatic nitrogens is 2. The second-order valence-corrected chi connectivity index (χ2v) is 5.00. The van der Waals surface area contributed by atoms with E-state index in [9.17, 15) is 0 Å². The predicted octanol–water partition coefficient (Wildman–Crippen LogP) is 3.88. The number of imidazole rings is 1. The molecule has 3 nitrogen and oxygen atoms in total. The second kappa shape index (κ2) is 7.04. The van der Waals surface area contributed by atoms with E-state index in [1.807, 2.05) is 42.2 Å². The van der Waals surface area contributed by atoms with Crippen molar-refractivity contribution in [2.45, 2.75) is 13.8 Å². The molecule has 0 unspecified atom stereocenters. The highest BCUT2D eigenvalue weighted by Crippen LogP contribution is 2.29. The van der Waals surface area contributed by atoms with Gasteiger partial charge in [0.1, 0.15) is 5.75 Å². The number of ether oxygens (including phenoxy) is 1. The first-order valence-electron chi connectivity index (χ1n) is 6.39. The van der Waals surface area contributed by atoms with E-state index in [1.165, 1.54) is 0 Å². The molecule has 0 spiro atoms. The van der Waals surface area contributed by atoms with Gasteiger partial charge in [0.05, 0.1) is 18.6 Å². The Balaban J connectivity index is 2.44. The molecular weight excluding hydrogens is 256 g/mol. The highest BCUT2D eigenvalue weighted by Gasteiger charge is 2.09. The molecule has 0 aliphatic heterocycles. The lowest BCUT2D eigenvalue weighted by Crippen LogP contribution is -2.01. The Morgan fingerprint density at radius 3 is 2.89 bits per heavy atom. The van der Waals surface area contributed by atoms with E-state index < -0.39 is 0 Å². The summed E-state index contributed by atoms with van der Waals surface area (Å²) < 4.78 is 7.73. The van der Waals surface area contributed by atoms with Crippen molar-refractivity contribution >= 4 is 17.5 Å². The third-order valence-corrected chi connectivity index (χ3v) is 3.33. The lowest BCUT2D eigenvalue weighted by molar-refractivity contribution is 0.339. The Kier molecular flexibility index (Phi) is 5.10. The summed E-state index contributed by atoms with van der Waals surface area (Å²) in [5.74, 6) is 1.94. The Morgan fingerprint density at radius 1 is 1.37 bits per heavy atom. The summed E-state index contributed by atoms with van der Waals surface area (Å²) >= 11 is 1.77. The molecule has 100 valence electrons. The monoisotopic (exact) mass is 274 g/mol. The molecule has 0 fully saturated rings. The minimum atomic E-state index is 0.662. The summed E-state index contributed by atoms with van der Waals surface area (Å²) in [6.07, 6.45) is 5.54. The minimum absolute atomic E-state index is 0.662. The first kappa shape index (κ1) is 13.7. The van der Waals surface area contributed by atoms with Crippen molar-refractivity contribution in [3.63, 3.8) is 0 Å². The average molecular weight is 274 g/mol. The largest absolute Gasteiger partial charge is 0.493 e. The van der Waals surface area contributed by atoms with E-state index in [1.54, 1.807) is 18.0 Å². The van der Waals surface area contributed by atoms with Crippen LogP contribution in [0.25, 0.3) is 5.70 Å². The topological polar surface area (TPSA) is 27.1 Å². The molecule has 1 heterocycles. The molecule has 4 heteroatoms. The van der Waals surface area contributed by atoms with Crippen LogP contribution in [-0.2, 0) is 0 Å². The van der Waals surface area contributed by atoms with Crippen LogP contribution >= 0.6 is 11.8 Å². The van der Waals surface area contributed by atoms with E-state index in [-0.39, 0.29) is 0 Å².